The predicted molar refractivity (Wildman–Crippen MR) is 109 cm³/mol. The van der Waals surface area contributed by atoms with Crippen molar-refractivity contribution >= 4 is 17.5 Å². The molecule has 29 heavy (non-hydrogen) atoms. The van der Waals surface area contributed by atoms with Crippen molar-refractivity contribution in [1.29, 1.82) is 0 Å². The van der Waals surface area contributed by atoms with Crippen LogP contribution in [0.2, 0.25) is 0 Å². The summed E-state index contributed by atoms with van der Waals surface area (Å²) in [5.41, 5.74) is 1.64. The van der Waals surface area contributed by atoms with Crippen molar-refractivity contribution in [2.45, 2.75) is 19.0 Å². The fraction of sp³-hybridized carbons (Fsp3) is 0.286. The van der Waals surface area contributed by atoms with Crippen molar-refractivity contribution in [3.8, 4) is 11.5 Å². The molecule has 0 spiro atoms. The van der Waals surface area contributed by atoms with Gasteiger partial charge in [-0.05, 0) is 36.8 Å². The SMILES string of the molecule is COc1ccc(C2C(C(=O)Nc3ccccc3)C(C)Nc3ncnn32)cc1OC. The van der Waals surface area contributed by atoms with E-state index in [1.165, 1.54) is 6.33 Å². The summed E-state index contributed by atoms with van der Waals surface area (Å²) in [5, 5.41) is 10.7. The summed E-state index contributed by atoms with van der Waals surface area (Å²) < 4.78 is 12.6. The standard InChI is InChI=1S/C21H23N5O3/c1-13-18(20(27)25-15-7-5-4-6-8-15)19(26-21(24-13)22-12-23-26)14-9-10-16(28-2)17(11-14)29-3/h4-13,18-19H,1-3H3,(H,25,27)(H,22,23,24). The van der Waals surface area contributed by atoms with Gasteiger partial charge < -0.3 is 20.1 Å². The number of benzene rings is 2. The highest BCUT2D eigenvalue weighted by Gasteiger charge is 2.41. The number of anilines is 2. The van der Waals surface area contributed by atoms with Crippen LogP contribution >= 0.6 is 0 Å². The minimum absolute atomic E-state index is 0.0999. The van der Waals surface area contributed by atoms with E-state index >= 15 is 0 Å². The fourth-order valence-corrected chi connectivity index (χ4v) is 3.78. The van der Waals surface area contributed by atoms with Crippen molar-refractivity contribution in [3.63, 3.8) is 0 Å². The Morgan fingerprint density at radius 2 is 1.86 bits per heavy atom. The van der Waals surface area contributed by atoms with Crippen LogP contribution in [0.15, 0.2) is 54.9 Å². The monoisotopic (exact) mass is 393 g/mol. The number of ether oxygens (including phenoxy) is 2. The molecule has 2 aromatic carbocycles. The number of carbonyl (C=O) groups excluding carboxylic acids is 1. The Hall–Kier alpha value is -3.55. The number of methoxy groups -OCH3 is 2. The average Bonchev–Trinajstić information content (AvgIpc) is 3.20. The molecule has 0 aliphatic carbocycles. The lowest BCUT2D eigenvalue weighted by Crippen LogP contribution is -2.46. The molecule has 4 rings (SSSR count). The number of carbonyl (C=O) groups is 1. The van der Waals surface area contributed by atoms with E-state index in [9.17, 15) is 4.79 Å². The maximum Gasteiger partial charge on any atom is 0.232 e. The number of rotatable bonds is 5. The van der Waals surface area contributed by atoms with E-state index in [2.05, 4.69) is 20.7 Å². The molecule has 2 N–H and O–H groups in total. The van der Waals surface area contributed by atoms with Crippen LogP contribution in [0, 0.1) is 5.92 Å². The third kappa shape index (κ3) is 3.49. The predicted octanol–water partition coefficient (Wildman–Crippen LogP) is 2.95. The normalized spacial score (nSPS) is 20.3. The van der Waals surface area contributed by atoms with Gasteiger partial charge in [-0.25, -0.2) is 4.68 Å². The highest BCUT2D eigenvalue weighted by atomic mass is 16.5. The molecule has 1 amide bonds. The number of aromatic nitrogens is 3. The lowest BCUT2D eigenvalue weighted by Gasteiger charge is -2.37. The Labute approximate surface area is 168 Å². The first-order chi connectivity index (χ1) is 14.1. The lowest BCUT2D eigenvalue weighted by atomic mass is 9.85. The molecule has 8 heteroatoms. The van der Waals surface area contributed by atoms with E-state index in [1.54, 1.807) is 18.9 Å². The van der Waals surface area contributed by atoms with Gasteiger partial charge in [-0.15, -0.1) is 0 Å². The molecule has 0 bridgehead atoms. The Bertz CT molecular complexity index is 1000. The minimum Gasteiger partial charge on any atom is -0.493 e. The molecule has 3 atom stereocenters. The molecule has 0 radical (unpaired) electrons. The van der Waals surface area contributed by atoms with E-state index < -0.39 is 5.92 Å². The van der Waals surface area contributed by atoms with Crippen LogP contribution in [0.1, 0.15) is 18.5 Å². The molecule has 0 saturated heterocycles. The highest BCUT2D eigenvalue weighted by molar-refractivity contribution is 5.94. The third-order valence-corrected chi connectivity index (χ3v) is 5.17. The summed E-state index contributed by atoms with van der Waals surface area (Å²) in [7, 11) is 3.18. The number of fused-ring (bicyclic) bond motifs is 1. The zero-order valence-corrected chi connectivity index (χ0v) is 16.5. The minimum atomic E-state index is -0.428. The average molecular weight is 393 g/mol. The Morgan fingerprint density at radius 3 is 2.59 bits per heavy atom. The number of nitrogens with one attached hydrogen (secondary N) is 2. The molecule has 1 aromatic heterocycles. The second-order valence-electron chi connectivity index (χ2n) is 6.90. The van der Waals surface area contributed by atoms with Crippen LogP contribution < -0.4 is 20.1 Å². The topological polar surface area (TPSA) is 90.3 Å². The smallest absolute Gasteiger partial charge is 0.232 e. The molecule has 150 valence electrons. The van der Waals surface area contributed by atoms with Gasteiger partial charge >= 0.3 is 0 Å². The second-order valence-corrected chi connectivity index (χ2v) is 6.90. The highest BCUT2D eigenvalue weighted by Crippen LogP contribution is 2.39. The summed E-state index contributed by atoms with van der Waals surface area (Å²) in [6.07, 6.45) is 1.49. The van der Waals surface area contributed by atoms with Gasteiger partial charge in [-0.3, -0.25) is 4.79 Å². The Balaban J connectivity index is 1.76. The number of para-hydroxylation sites is 1. The number of amides is 1. The zero-order chi connectivity index (χ0) is 20.4. The van der Waals surface area contributed by atoms with Crippen LogP contribution in [-0.2, 0) is 4.79 Å². The Morgan fingerprint density at radius 1 is 1.10 bits per heavy atom. The molecule has 1 aliphatic heterocycles. The van der Waals surface area contributed by atoms with Crippen LogP contribution in [0.4, 0.5) is 11.6 Å². The summed E-state index contributed by atoms with van der Waals surface area (Å²) in [4.78, 5) is 17.6. The van der Waals surface area contributed by atoms with Crippen molar-refractivity contribution in [2.75, 3.05) is 24.9 Å². The van der Waals surface area contributed by atoms with Crippen LogP contribution in [0.25, 0.3) is 0 Å². The summed E-state index contributed by atoms with van der Waals surface area (Å²) >= 11 is 0. The third-order valence-electron chi connectivity index (χ3n) is 5.17. The molecule has 3 unspecified atom stereocenters. The van der Waals surface area contributed by atoms with E-state index in [0.29, 0.717) is 17.4 Å². The molecular formula is C21H23N5O3. The maximum atomic E-state index is 13.3. The van der Waals surface area contributed by atoms with E-state index in [4.69, 9.17) is 9.47 Å². The molecule has 3 aromatic rings. The van der Waals surface area contributed by atoms with E-state index in [-0.39, 0.29) is 18.0 Å². The molecule has 0 fully saturated rings. The number of hydrogen-bond donors (Lipinski definition) is 2. The van der Waals surface area contributed by atoms with Gasteiger partial charge in [0, 0.05) is 11.7 Å². The van der Waals surface area contributed by atoms with Crippen LogP contribution in [0.5, 0.6) is 11.5 Å². The quantitative estimate of drug-likeness (QED) is 0.693. The van der Waals surface area contributed by atoms with Gasteiger partial charge in [-0.2, -0.15) is 10.1 Å². The zero-order valence-electron chi connectivity index (χ0n) is 16.5. The van der Waals surface area contributed by atoms with Crippen molar-refractivity contribution in [2.24, 2.45) is 5.92 Å². The van der Waals surface area contributed by atoms with Crippen LogP contribution in [-0.4, -0.2) is 40.9 Å². The van der Waals surface area contributed by atoms with E-state index in [1.807, 2.05) is 55.5 Å². The largest absolute Gasteiger partial charge is 0.493 e. The van der Waals surface area contributed by atoms with Crippen LogP contribution in [0.3, 0.4) is 0 Å². The first-order valence-corrected chi connectivity index (χ1v) is 9.36. The molecule has 2 heterocycles. The van der Waals surface area contributed by atoms with Gasteiger partial charge in [-0.1, -0.05) is 24.3 Å². The van der Waals surface area contributed by atoms with Gasteiger partial charge in [0.05, 0.1) is 26.2 Å². The second kappa shape index (κ2) is 7.83. The molecule has 1 aliphatic rings. The molecular weight excluding hydrogens is 370 g/mol. The van der Waals surface area contributed by atoms with Gasteiger partial charge in [0.1, 0.15) is 6.33 Å². The van der Waals surface area contributed by atoms with E-state index in [0.717, 1.165) is 11.3 Å². The first-order valence-electron chi connectivity index (χ1n) is 9.36. The van der Waals surface area contributed by atoms with Crippen molar-refractivity contribution in [3.05, 3.63) is 60.4 Å². The lowest BCUT2D eigenvalue weighted by molar-refractivity contribution is -0.121. The first kappa shape index (κ1) is 18.8. The molecule has 0 saturated carbocycles. The maximum absolute atomic E-state index is 13.3. The fourth-order valence-electron chi connectivity index (χ4n) is 3.78. The van der Waals surface area contributed by atoms with Gasteiger partial charge in [0.2, 0.25) is 11.9 Å². The van der Waals surface area contributed by atoms with Gasteiger partial charge in [0.25, 0.3) is 0 Å². The number of nitrogens with zero attached hydrogens (tertiary/aromatic N) is 3. The van der Waals surface area contributed by atoms with Crippen molar-refractivity contribution < 1.29 is 14.3 Å². The molecule has 8 nitrogen and oxygen atoms in total. The summed E-state index contributed by atoms with van der Waals surface area (Å²) in [6.45, 7) is 1.97. The summed E-state index contributed by atoms with van der Waals surface area (Å²) in [6, 6.07) is 14.6. The summed E-state index contributed by atoms with van der Waals surface area (Å²) in [5.74, 6) is 1.32. The number of hydrogen-bond acceptors (Lipinski definition) is 6. The Kier molecular flexibility index (Phi) is 5.07. The van der Waals surface area contributed by atoms with Gasteiger partial charge in [0.15, 0.2) is 11.5 Å². The van der Waals surface area contributed by atoms with Crippen molar-refractivity contribution in [1.82, 2.24) is 14.8 Å².